The third-order valence-corrected chi connectivity index (χ3v) is 2.47. The Hall–Kier alpha value is -1.42. The summed E-state index contributed by atoms with van der Waals surface area (Å²) in [6.45, 7) is 0.774. The molecular weight excluding hydrogens is 190 g/mol. The zero-order valence-corrected chi connectivity index (χ0v) is 9.10. The first-order chi connectivity index (χ1) is 7.33. The Balaban J connectivity index is 2.24. The van der Waals surface area contributed by atoms with Crippen molar-refractivity contribution < 1.29 is 4.74 Å². The van der Waals surface area contributed by atoms with E-state index in [0.29, 0.717) is 0 Å². The van der Waals surface area contributed by atoms with Gasteiger partial charge in [-0.2, -0.15) is 0 Å². The van der Waals surface area contributed by atoms with Gasteiger partial charge >= 0.3 is 0 Å². The fourth-order valence-corrected chi connectivity index (χ4v) is 1.67. The Morgan fingerprint density at radius 2 is 2.33 bits per heavy atom. The third-order valence-electron chi connectivity index (χ3n) is 2.47. The molecule has 4 heteroatoms. The lowest BCUT2D eigenvalue weighted by molar-refractivity contribution is 0.194. The SMILES string of the molecule is COCCCc1nc2cccnc2n1C. The molecule has 0 radical (unpaired) electrons. The molecule has 0 fully saturated rings. The number of methoxy groups -OCH3 is 1. The molecule has 0 spiro atoms. The number of rotatable bonds is 4. The van der Waals surface area contributed by atoms with Gasteiger partial charge < -0.3 is 9.30 Å². The summed E-state index contributed by atoms with van der Waals surface area (Å²) < 4.78 is 7.07. The second-order valence-corrected chi connectivity index (χ2v) is 3.53. The fourth-order valence-electron chi connectivity index (χ4n) is 1.67. The zero-order valence-electron chi connectivity index (χ0n) is 9.10. The molecule has 2 aromatic heterocycles. The molecule has 0 aliphatic rings. The summed E-state index contributed by atoms with van der Waals surface area (Å²) in [6, 6.07) is 3.90. The predicted octanol–water partition coefficient (Wildman–Crippen LogP) is 1.55. The first kappa shape index (κ1) is 10.1. The lowest BCUT2D eigenvalue weighted by Crippen LogP contribution is -2.00. The average Bonchev–Trinajstić information content (AvgIpc) is 2.57. The van der Waals surface area contributed by atoms with Crippen LogP contribution in [0, 0.1) is 0 Å². The molecule has 0 atom stereocenters. The second kappa shape index (κ2) is 4.40. The van der Waals surface area contributed by atoms with Crippen molar-refractivity contribution in [2.45, 2.75) is 12.8 Å². The van der Waals surface area contributed by atoms with Crippen LogP contribution in [0.15, 0.2) is 18.3 Å². The summed E-state index contributed by atoms with van der Waals surface area (Å²) in [7, 11) is 3.72. The summed E-state index contributed by atoms with van der Waals surface area (Å²) in [4.78, 5) is 8.83. The van der Waals surface area contributed by atoms with Crippen LogP contribution in [0.5, 0.6) is 0 Å². The molecule has 0 amide bonds. The van der Waals surface area contributed by atoms with Gasteiger partial charge in [0, 0.05) is 33.4 Å². The third kappa shape index (κ3) is 1.99. The minimum absolute atomic E-state index is 0.774. The molecule has 80 valence electrons. The lowest BCUT2D eigenvalue weighted by atomic mass is 10.3. The normalized spacial score (nSPS) is 11.1. The lowest BCUT2D eigenvalue weighted by Gasteiger charge is -2.00. The molecule has 0 saturated heterocycles. The number of pyridine rings is 1. The van der Waals surface area contributed by atoms with Crippen LogP contribution in [0.2, 0.25) is 0 Å². The van der Waals surface area contributed by atoms with Crippen molar-refractivity contribution in [3.05, 3.63) is 24.2 Å². The van der Waals surface area contributed by atoms with E-state index in [4.69, 9.17) is 4.74 Å². The van der Waals surface area contributed by atoms with Crippen LogP contribution in [-0.2, 0) is 18.2 Å². The summed E-state index contributed by atoms with van der Waals surface area (Å²) >= 11 is 0. The van der Waals surface area contributed by atoms with E-state index in [1.54, 1.807) is 13.3 Å². The quantitative estimate of drug-likeness (QED) is 0.711. The van der Waals surface area contributed by atoms with Gasteiger partial charge in [0.05, 0.1) is 0 Å². The van der Waals surface area contributed by atoms with Crippen molar-refractivity contribution in [2.24, 2.45) is 7.05 Å². The number of aryl methyl sites for hydroxylation is 2. The number of hydrogen-bond donors (Lipinski definition) is 0. The number of ether oxygens (including phenoxy) is 1. The second-order valence-electron chi connectivity index (χ2n) is 3.53. The molecule has 0 saturated carbocycles. The van der Waals surface area contributed by atoms with Crippen LogP contribution in [0.3, 0.4) is 0 Å². The van der Waals surface area contributed by atoms with Gasteiger partial charge in [0.1, 0.15) is 11.3 Å². The van der Waals surface area contributed by atoms with Gasteiger partial charge in [-0.05, 0) is 18.6 Å². The molecule has 2 heterocycles. The van der Waals surface area contributed by atoms with Gasteiger partial charge in [-0.3, -0.25) is 0 Å². The Labute approximate surface area is 88.9 Å². The van der Waals surface area contributed by atoms with Gasteiger partial charge in [0.15, 0.2) is 5.65 Å². The van der Waals surface area contributed by atoms with Gasteiger partial charge in [0.2, 0.25) is 0 Å². The van der Waals surface area contributed by atoms with Crippen molar-refractivity contribution in [1.82, 2.24) is 14.5 Å². The molecule has 0 bridgehead atoms. The van der Waals surface area contributed by atoms with Crippen LogP contribution in [0.1, 0.15) is 12.2 Å². The monoisotopic (exact) mass is 205 g/mol. The van der Waals surface area contributed by atoms with E-state index >= 15 is 0 Å². The highest BCUT2D eigenvalue weighted by atomic mass is 16.5. The molecule has 2 rings (SSSR count). The standard InChI is InChI=1S/C11H15N3O/c1-14-10(6-4-8-15-2)13-9-5-3-7-12-11(9)14/h3,5,7H,4,6,8H2,1-2H3. The van der Waals surface area contributed by atoms with E-state index in [1.807, 2.05) is 23.7 Å². The smallest absolute Gasteiger partial charge is 0.159 e. The van der Waals surface area contributed by atoms with E-state index in [0.717, 1.165) is 36.4 Å². The summed E-state index contributed by atoms with van der Waals surface area (Å²) in [5.41, 5.74) is 1.91. The van der Waals surface area contributed by atoms with Crippen LogP contribution >= 0.6 is 0 Å². The van der Waals surface area contributed by atoms with E-state index in [2.05, 4.69) is 9.97 Å². The molecule has 4 nitrogen and oxygen atoms in total. The summed E-state index contributed by atoms with van der Waals surface area (Å²) in [5, 5.41) is 0. The molecule has 2 aromatic rings. The first-order valence-corrected chi connectivity index (χ1v) is 5.08. The maximum absolute atomic E-state index is 5.02. The Bertz CT molecular complexity index is 450. The molecular formula is C11H15N3O. The van der Waals surface area contributed by atoms with Crippen molar-refractivity contribution >= 4 is 11.2 Å². The number of hydrogen-bond acceptors (Lipinski definition) is 3. The number of imidazole rings is 1. The van der Waals surface area contributed by atoms with Crippen LogP contribution in [0.4, 0.5) is 0 Å². The van der Waals surface area contributed by atoms with Crippen molar-refractivity contribution in [3.8, 4) is 0 Å². The molecule has 0 unspecified atom stereocenters. The van der Waals surface area contributed by atoms with Gasteiger partial charge in [-0.1, -0.05) is 0 Å². The number of fused-ring (bicyclic) bond motifs is 1. The maximum Gasteiger partial charge on any atom is 0.159 e. The van der Waals surface area contributed by atoms with Crippen LogP contribution in [-0.4, -0.2) is 28.3 Å². The van der Waals surface area contributed by atoms with Crippen molar-refractivity contribution in [2.75, 3.05) is 13.7 Å². The molecule has 15 heavy (non-hydrogen) atoms. The average molecular weight is 205 g/mol. The molecule has 0 N–H and O–H groups in total. The minimum atomic E-state index is 0.774. The maximum atomic E-state index is 5.02. The van der Waals surface area contributed by atoms with E-state index in [-0.39, 0.29) is 0 Å². The molecule has 0 aliphatic carbocycles. The first-order valence-electron chi connectivity index (χ1n) is 5.08. The molecule has 0 aromatic carbocycles. The van der Waals surface area contributed by atoms with Crippen molar-refractivity contribution in [1.29, 1.82) is 0 Å². The highest BCUT2D eigenvalue weighted by Crippen LogP contribution is 2.12. The van der Waals surface area contributed by atoms with Crippen LogP contribution < -0.4 is 0 Å². The summed E-state index contributed by atoms with van der Waals surface area (Å²) in [6.07, 6.45) is 3.72. The Morgan fingerprint density at radius 1 is 1.47 bits per heavy atom. The highest BCUT2D eigenvalue weighted by Gasteiger charge is 2.06. The van der Waals surface area contributed by atoms with Crippen LogP contribution in [0.25, 0.3) is 11.2 Å². The van der Waals surface area contributed by atoms with Gasteiger partial charge in [0.25, 0.3) is 0 Å². The van der Waals surface area contributed by atoms with Gasteiger partial charge in [-0.15, -0.1) is 0 Å². The minimum Gasteiger partial charge on any atom is -0.385 e. The predicted molar refractivity (Wildman–Crippen MR) is 58.7 cm³/mol. The number of aromatic nitrogens is 3. The van der Waals surface area contributed by atoms with Gasteiger partial charge in [-0.25, -0.2) is 9.97 Å². The molecule has 0 aliphatic heterocycles. The van der Waals surface area contributed by atoms with E-state index in [1.165, 1.54) is 0 Å². The summed E-state index contributed by atoms with van der Waals surface area (Å²) in [5.74, 6) is 1.07. The Kier molecular flexibility index (Phi) is 2.97. The number of nitrogens with zero attached hydrogens (tertiary/aromatic N) is 3. The largest absolute Gasteiger partial charge is 0.385 e. The fraction of sp³-hybridized carbons (Fsp3) is 0.455. The highest BCUT2D eigenvalue weighted by molar-refractivity contribution is 5.70. The topological polar surface area (TPSA) is 39.9 Å². The van der Waals surface area contributed by atoms with E-state index in [9.17, 15) is 0 Å². The van der Waals surface area contributed by atoms with Crippen molar-refractivity contribution in [3.63, 3.8) is 0 Å². The Morgan fingerprint density at radius 3 is 3.07 bits per heavy atom. The van der Waals surface area contributed by atoms with E-state index < -0.39 is 0 Å². The zero-order chi connectivity index (χ0) is 10.7.